The Hall–Kier alpha value is -1.89. The van der Waals surface area contributed by atoms with Gasteiger partial charge < -0.3 is 5.32 Å². The molecule has 1 saturated carbocycles. The highest BCUT2D eigenvalue weighted by molar-refractivity contribution is 5.95. The Morgan fingerprint density at radius 3 is 2.43 bits per heavy atom. The summed E-state index contributed by atoms with van der Waals surface area (Å²) >= 11 is 0. The van der Waals surface area contributed by atoms with Crippen molar-refractivity contribution in [2.24, 2.45) is 0 Å². The summed E-state index contributed by atoms with van der Waals surface area (Å²) in [5.74, 6) is -1.03. The summed E-state index contributed by atoms with van der Waals surface area (Å²) in [6.45, 7) is 1.77. The number of amides is 1. The minimum absolute atomic E-state index is 0.0114. The first-order valence-electron chi connectivity index (χ1n) is 7.56. The molecule has 0 atom stereocenters. The van der Waals surface area contributed by atoms with Crippen LogP contribution >= 0.6 is 0 Å². The average Bonchev–Trinajstić information content (AvgIpc) is 2.42. The molecule has 0 saturated heterocycles. The monoisotopic (exact) mass is 288 g/mol. The van der Waals surface area contributed by atoms with Crippen molar-refractivity contribution in [2.75, 3.05) is 0 Å². The van der Waals surface area contributed by atoms with Gasteiger partial charge in [-0.3, -0.25) is 4.79 Å². The maximum absolute atomic E-state index is 13.9. The van der Waals surface area contributed by atoms with Gasteiger partial charge in [-0.25, -0.2) is 4.39 Å². The molecular weight excluding hydrogens is 267 g/mol. The Morgan fingerprint density at radius 2 is 1.86 bits per heavy atom. The van der Waals surface area contributed by atoms with Gasteiger partial charge in [-0.15, -0.1) is 0 Å². The van der Waals surface area contributed by atoms with Gasteiger partial charge in [0.2, 0.25) is 0 Å². The zero-order valence-corrected chi connectivity index (χ0v) is 12.4. The van der Waals surface area contributed by atoms with E-state index in [0.717, 1.165) is 31.2 Å². The van der Waals surface area contributed by atoms with Crippen LogP contribution in [-0.4, -0.2) is 11.4 Å². The fourth-order valence-corrected chi connectivity index (χ4v) is 2.86. The van der Waals surface area contributed by atoms with E-state index in [1.165, 1.54) is 18.6 Å². The molecule has 1 aromatic rings. The summed E-state index contributed by atoms with van der Waals surface area (Å²) in [7, 11) is 0. The van der Waals surface area contributed by atoms with E-state index in [4.69, 9.17) is 0 Å². The number of nitrogens with zero attached hydrogens (tertiary/aromatic N) is 1. The van der Waals surface area contributed by atoms with Crippen molar-refractivity contribution in [3.8, 4) is 6.07 Å². The second-order valence-corrected chi connectivity index (χ2v) is 5.90. The molecule has 21 heavy (non-hydrogen) atoms. The Labute approximate surface area is 125 Å². The van der Waals surface area contributed by atoms with E-state index in [0.29, 0.717) is 12.8 Å². The van der Waals surface area contributed by atoms with Crippen molar-refractivity contribution >= 4 is 5.91 Å². The summed E-state index contributed by atoms with van der Waals surface area (Å²) in [6.07, 6.45) is 6.47. The predicted octanol–water partition coefficient (Wildman–Crippen LogP) is 3.87. The molecule has 0 bridgehead atoms. The highest BCUT2D eigenvalue weighted by Crippen LogP contribution is 2.26. The van der Waals surface area contributed by atoms with Gasteiger partial charge in [0.1, 0.15) is 11.4 Å². The van der Waals surface area contributed by atoms with Gasteiger partial charge in [0, 0.05) is 0 Å². The molecule has 1 aliphatic rings. The normalized spacial score (nSPS) is 18.1. The lowest BCUT2D eigenvalue weighted by Crippen LogP contribution is -2.48. The Kier molecular flexibility index (Phi) is 4.95. The molecule has 0 unspecified atom stereocenters. The largest absolute Gasteiger partial charge is 0.334 e. The van der Waals surface area contributed by atoms with Crippen molar-refractivity contribution in [2.45, 2.75) is 57.4 Å². The summed E-state index contributed by atoms with van der Waals surface area (Å²) in [5, 5.41) is 12.3. The van der Waals surface area contributed by atoms with Crippen LogP contribution in [0.25, 0.3) is 0 Å². The molecule has 0 radical (unpaired) electrons. The van der Waals surface area contributed by atoms with Crippen molar-refractivity contribution in [3.63, 3.8) is 0 Å². The first kappa shape index (κ1) is 15.5. The van der Waals surface area contributed by atoms with Crippen molar-refractivity contribution < 1.29 is 9.18 Å². The second kappa shape index (κ2) is 6.71. The zero-order chi connectivity index (χ0) is 15.3. The van der Waals surface area contributed by atoms with Crippen molar-refractivity contribution in [1.29, 1.82) is 5.26 Å². The number of carbonyl (C=O) groups excluding carboxylic acids is 1. The van der Waals surface area contributed by atoms with Crippen molar-refractivity contribution in [1.82, 2.24) is 5.32 Å². The van der Waals surface area contributed by atoms with E-state index in [-0.39, 0.29) is 5.56 Å². The number of hydrogen-bond acceptors (Lipinski definition) is 2. The highest BCUT2D eigenvalue weighted by Gasteiger charge is 2.32. The summed E-state index contributed by atoms with van der Waals surface area (Å²) < 4.78 is 13.9. The van der Waals surface area contributed by atoms with Crippen LogP contribution in [0.1, 0.15) is 60.9 Å². The van der Waals surface area contributed by atoms with Crippen LogP contribution in [0, 0.1) is 24.1 Å². The Morgan fingerprint density at radius 1 is 1.24 bits per heavy atom. The fraction of sp³-hybridized carbons (Fsp3) is 0.529. The van der Waals surface area contributed by atoms with Gasteiger partial charge in [-0.1, -0.05) is 38.2 Å². The number of nitriles is 1. The number of rotatable bonds is 2. The van der Waals surface area contributed by atoms with E-state index >= 15 is 0 Å². The molecule has 3 nitrogen and oxygen atoms in total. The molecule has 2 rings (SSSR count). The first-order chi connectivity index (χ1) is 10.1. The quantitative estimate of drug-likeness (QED) is 0.898. The summed E-state index contributed by atoms with van der Waals surface area (Å²) in [6, 6.07) is 6.79. The van der Waals surface area contributed by atoms with Gasteiger partial charge in [-0.05, 0) is 37.5 Å². The smallest absolute Gasteiger partial charge is 0.255 e. The van der Waals surface area contributed by atoms with Crippen LogP contribution in [0.2, 0.25) is 0 Å². The van der Waals surface area contributed by atoms with Crippen LogP contribution in [0.5, 0.6) is 0 Å². The lowest BCUT2D eigenvalue weighted by atomic mass is 9.85. The van der Waals surface area contributed by atoms with Gasteiger partial charge in [0.25, 0.3) is 5.91 Å². The zero-order valence-electron chi connectivity index (χ0n) is 12.4. The van der Waals surface area contributed by atoms with Gasteiger partial charge >= 0.3 is 0 Å². The molecular formula is C17H21FN2O. The maximum atomic E-state index is 13.9. The van der Waals surface area contributed by atoms with Crippen molar-refractivity contribution in [3.05, 3.63) is 35.1 Å². The third-order valence-corrected chi connectivity index (χ3v) is 4.14. The molecule has 1 amide bonds. The third kappa shape index (κ3) is 3.81. The van der Waals surface area contributed by atoms with Crippen LogP contribution in [0.4, 0.5) is 4.39 Å². The molecule has 0 spiro atoms. The lowest BCUT2D eigenvalue weighted by Gasteiger charge is -2.29. The number of aryl methyl sites for hydroxylation is 1. The fourth-order valence-electron chi connectivity index (χ4n) is 2.86. The molecule has 112 valence electrons. The number of nitrogens with one attached hydrogen (secondary N) is 1. The minimum Gasteiger partial charge on any atom is -0.334 e. The van der Waals surface area contributed by atoms with E-state index in [2.05, 4.69) is 11.4 Å². The first-order valence-corrected chi connectivity index (χ1v) is 7.56. The topological polar surface area (TPSA) is 52.9 Å². The van der Waals surface area contributed by atoms with Gasteiger partial charge in [0.15, 0.2) is 0 Å². The third-order valence-electron chi connectivity index (χ3n) is 4.14. The van der Waals surface area contributed by atoms with Gasteiger partial charge in [0.05, 0.1) is 11.6 Å². The minimum atomic E-state index is -0.852. The molecule has 1 aromatic carbocycles. The molecule has 0 aliphatic heterocycles. The number of hydrogen-bond donors (Lipinski definition) is 1. The molecule has 0 heterocycles. The Bertz CT molecular complexity index is 554. The van der Waals surface area contributed by atoms with Crippen LogP contribution < -0.4 is 5.32 Å². The molecule has 4 heteroatoms. The highest BCUT2D eigenvalue weighted by atomic mass is 19.1. The van der Waals surface area contributed by atoms with Crippen LogP contribution in [-0.2, 0) is 0 Å². The lowest BCUT2D eigenvalue weighted by molar-refractivity contribution is 0.0903. The molecule has 1 fully saturated rings. The number of carbonyl (C=O) groups is 1. The molecule has 1 N–H and O–H groups in total. The average molecular weight is 288 g/mol. The second-order valence-electron chi connectivity index (χ2n) is 5.90. The number of halogens is 1. The van der Waals surface area contributed by atoms with E-state index in [1.54, 1.807) is 13.0 Å². The van der Waals surface area contributed by atoms with E-state index in [1.807, 2.05) is 0 Å². The Balaban J connectivity index is 2.16. The molecule has 1 aliphatic carbocycles. The number of benzene rings is 1. The van der Waals surface area contributed by atoms with Gasteiger partial charge in [-0.2, -0.15) is 5.26 Å². The predicted molar refractivity (Wildman–Crippen MR) is 79.3 cm³/mol. The summed E-state index contributed by atoms with van der Waals surface area (Å²) in [4.78, 5) is 12.3. The van der Waals surface area contributed by atoms with Crippen LogP contribution in [0.15, 0.2) is 18.2 Å². The van der Waals surface area contributed by atoms with E-state index < -0.39 is 17.3 Å². The standard InChI is InChI=1S/C17H21FN2O/c1-13-7-8-14(15(18)11-13)16(21)20-17(12-19)9-5-3-2-4-6-10-17/h7-8,11H,2-6,9-10H2,1H3,(H,20,21). The summed E-state index contributed by atoms with van der Waals surface area (Å²) in [5.41, 5.74) is -0.0725. The van der Waals surface area contributed by atoms with E-state index in [9.17, 15) is 14.4 Å². The maximum Gasteiger partial charge on any atom is 0.255 e. The van der Waals surface area contributed by atoms with Crippen LogP contribution in [0.3, 0.4) is 0 Å². The molecule has 0 aromatic heterocycles. The SMILES string of the molecule is Cc1ccc(C(=O)NC2(C#N)CCCCCCC2)c(F)c1.